The number of hydrogen-bond acceptors (Lipinski definition) is 3. The molecule has 6 heteroatoms. The summed E-state index contributed by atoms with van der Waals surface area (Å²) in [6.45, 7) is 1.91. The Morgan fingerprint density at radius 3 is 2.73 bits per heavy atom. The fourth-order valence-electron chi connectivity index (χ4n) is 1.04. The van der Waals surface area contributed by atoms with Gasteiger partial charge in [0.05, 0.1) is 12.9 Å². The number of furan rings is 1. The van der Waals surface area contributed by atoms with Crippen LogP contribution in [0.4, 0.5) is 13.2 Å². The van der Waals surface area contributed by atoms with Crippen molar-refractivity contribution < 1.29 is 27.1 Å². The molecule has 1 atom stereocenters. The molecule has 0 radical (unpaired) electrons. The minimum absolute atomic E-state index is 0.0281. The Morgan fingerprint density at radius 1 is 1.60 bits per heavy atom. The molecule has 1 rings (SSSR count). The minimum atomic E-state index is -4.48. The van der Waals surface area contributed by atoms with Crippen molar-refractivity contribution in [1.29, 1.82) is 0 Å². The summed E-state index contributed by atoms with van der Waals surface area (Å²) in [5.41, 5.74) is 0.351. The number of rotatable bonds is 4. The summed E-state index contributed by atoms with van der Waals surface area (Å²) in [5.74, 6) is -1.37. The van der Waals surface area contributed by atoms with E-state index in [9.17, 15) is 18.0 Å². The van der Waals surface area contributed by atoms with Gasteiger partial charge in [-0.1, -0.05) is 6.92 Å². The van der Waals surface area contributed by atoms with E-state index in [1.54, 1.807) is 6.92 Å². The van der Waals surface area contributed by atoms with Crippen molar-refractivity contribution in [3.05, 3.63) is 23.7 Å². The second kappa shape index (κ2) is 4.37. The van der Waals surface area contributed by atoms with Gasteiger partial charge < -0.3 is 9.15 Å². The first kappa shape index (κ1) is 11.6. The van der Waals surface area contributed by atoms with E-state index in [0.717, 1.165) is 12.3 Å². The maximum Gasteiger partial charge on any atom is 0.449 e. The van der Waals surface area contributed by atoms with E-state index in [1.807, 2.05) is 0 Å². The van der Waals surface area contributed by atoms with Gasteiger partial charge in [0.25, 0.3) is 6.47 Å². The van der Waals surface area contributed by atoms with E-state index in [0.29, 0.717) is 5.56 Å². The standard InChI is InChI=1S/C9H9F3O3/c1-6(3-14-5-13)7-2-8(15-4-7)9(10,11)12/h2,4-6H,3H2,1H3. The average Bonchev–Trinajstić information content (AvgIpc) is 2.62. The zero-order valence-corrected chi connectivity index (χ0v) is 7.88. The molecule has 0 fully saturated rings. The highest BCUT2D eigenvalue weighted by Gasteiger charge is 2.35. The first-order chi connectivity index (χ1) is 6.95. The van der Waals surface area contributed by atoms with Gasteiger partial charge in [0.2, 0.25) is 5.76 Å². The van der Waals surface area contributed by atoms with E-state index >= 15 is 0 Å². The summed E-state index contributed by atoms with van der Waals surface area (Å²) in [7, 11) is 0. The summed E-state index contributed by atoms with van der Waals surface area (Å²) in [6, 6.07) is 0.902. The quantitative estimate of drug-likeness (QED) is 0.735. The van der Waals surface area contributed by atoms with Crippen LogP contribution in [0.3, 0.4) is 0 Å². The molecule has 1 heterocycles. The average molecular weight is 222 g/mol. The highest BCUT2D eigenvalue weighted by molar-refractivity contribution is 5.37. The van der Waals surface area contributed by atoms with Crippen LogP contribution in [0.5, 0.6) is 0 Å². The molecule has 1 aromatic heterocycles. The summed E-state index contributed by atoms with van der Waals surface area (Å²) < 4.78 is 45.2. The zero-order chi connectivity index (χ0) is 11.5. The molecular weight excluding hydrogens is 213 g/mol. The SMILES string of the molecule is CC(COC=O)c1coc(C(F)(F)F)c1. The number of alkyl halides is 3. The Labute approximate surface area is 83.8 Å². The lowest BCUT2D eigenvalue weighted by Gasteiger charge is -2.05. The van der Waals surface area contributed by atoms with Crippen LogP contribution in [0.2, 0.25) is 0 Å². The molecule has 0 spiro atoms. The van der Waals surface area contributed by atoms with Crippen LogP contribution in [0.1, 0.15) is 24.2 Å². The molecule has 3 nitrogen and oxygen atoms in total. The molecule has 0 aliphatic heterocycles. The van der Waals surface area contributed by atoms with E-state index in [4.69, 9.17) is 0 Å². The number of carbonyl (C=O) groups is 1. The number of hydrogen-bond donors (Lipinski definition) is 0. The molecule has 15 heavy (non-hydrogen) atoms. The molecular formula is C9H9F3O3. The van der Waals surface area contributed by atoms with Gasteiger partial charge in [0, 0.05) is 5.92 Å². The van der Waals surface area contributed by atoms with Gasteiger partial charge in [0.15, 0.2) is 0 Å². The van der Waals surface area contributed by atoms with Crippen molar-refractivity contribution in [2.24, 2.45) is 0 Å². The highest BCUT2D eigenvalue weighted by atomic mass is 19.4. The second-order valence-electron chi connectivity index (χ2n) is 3.07. The lowest BCUT2D eigenvalue weighted by atomic mass is 10.1. The van der Waals surface area contributed by atoms with Gasteiger partial charge in [-0.3, -0.25) is 4.79 Å². The van der Waals surface area contributed by atoms with Crippen LogP contribution in [0.15, 0.2) is 16.7 Å². The smallest absolute Gasteiger partial charge is 0.449 e. The Balaban J connectivity index is 2.71. The van der Waals surface area contributed by atoms with Crippen LogP contribution in [0.25, 0.3) is 0 Å². The Bertz CT molecular complexity index is 330. The molecule has 1 aromatic rings. The summed E-state index contributed by atoms with van der Waals surface area (Å²) in [5, 5.41) is 0. The van der Waals surface area contributed by atoms with E-state index in [-0.39, 0.29) is 19.0 Å². The van der Waals surface area contributed by atoms with Crippen molar-refractivity contribution in [2.75, 3.05) is 6.61 Å². The van der Waals surface area contributed by atoms with Gasteiger partial charge >= 0.3 is 6.18 Å². The highest BCUT2D eigenvalue weighted by Crippen LogP contribution is 2.32. The van der Waals surface area contributed by atoms with Crippen LogP contribution in [0, 0.1) is 0 Å². The van der Waals surface area contributed by atoms with Crippen molar-refractivity contribution in [3.8, 4) is 0 Å². The number of ether oxygens (including phenoxy) is 1. The van der Waals surface area contributed by atoms with Gasteiger partial charge in [-0.2, -0.15) is 13.2 Å². The van der Waals surface area contributed by atoms with Crippen LogP contribution in [-0.2, 0) is 15.7 Å². The lowest BCUT2D eigenvalue weighted by molar-refractivity contribution is -0.153. The zero-order valence-electron chi connectivity index (χ0n) is 7.88. The molecule has 0 N–H and O–H groups in total. The minimum Gasteiger partial charge on any atom is -0.467 e. The van der Waals surface area contributed by atoms with Crippen LogP contribution in [-0.4, -0.2) is 13.1 Å². The van der Waals surface area contributed by atoms with Crippen molar-refractivity contribution >= 4 is 6.47 Å². The van der Waals surface area contributed by atoms with E-state index < -0.39 is 11.9 Å². The first-order valence-corrected chi connectivity index (χ1v) is 4.16. The van der Waals surface area contributed by atoms with Crippen LogP contribution >= 0.6 is 0 Å². The normalized spacial score (nSPS) is 13.6. The van der Waals surface area contributed by atoms with Gasteiger partial charge in [-0.15, -0.1) is 0 Å². The van der Waals surface area contributed by atoms with Crippen molar-refractivity contribution in [2.45, 2.75) is 19.0 Å². The molecule has 84 valence electrons. The van der Waals surface area contributed by atoms with E-state index in [2.05, 4.69) is 9.15 Å². The van der Waals surface area contributed by atoms with E-state index in [1.165, 1.54) is 0 Å². The lowest BCUT2D eigenvalue weighted by Crippen LogP contribution is -2.04. The molecule has 0 aliphatic carbocycles. The molecule has 0 saturated carbocycles. The molecule has 0 saturated heterocycles. The Morgan fingerprint density at radius 2 is 2.27 bits per heavy atom. The molecule has 0 amide bonds. The van der Waals surface area contributed by atoms with Gasteiger partial charge in [0.1, 0.15) is 0 Å². The summed E-state index contributed by atoms with van der Waals surface area (Å²) in [6.07, 6.45) is -3.47. The topological polar surface area (TPSA) is 39.4 Å². The largest absolute Gasteiger partial charge is 0.467 e. The Kier molecular flexibility index (Phi) is 3.39. The predicted octanol–water partition coefficient (Wildman–Crippen LogP) is 2.57. The number of carbonyl (C=O) groups excluding carboxylic acids is 1. The number of halogens is 3. The molecule has 0 aromatic carbocycles. The van der Waals surface area contributed by atoms with Gasteiger partial charge in [-0.25, -0.2) is 0 Å². The fraction of sp³-hybridized carbons (Fsp3) is 0.444. The third-order valence-corrected chi connectivity index (χ3v) is 1.88. The Hall–Kier alpha value is -1.46. The van der Waals surface area contributed by atoms with Gasteiger partial charge in [-0.05, 0) is 11.6 Å². The maximum absolute atomic E-state index is 12.1. The van der Waals surface area contributed by atoms with Crippen molar-refractivity contribution in [3.63, 3.8) is 0 Å². The molecule has 0 bridgehead atoms. The first-order valence-electron chi connectivity index (χ1n) is 4.16. The summed E-state index contributed by atoms with van der Waals surface area (Å²) in [4.78, 5) is 9.88. The fourth-order valence-corrected chi connectivity index (χ4v) is 1.04. The second-order valence-corrected chi connectivity index (χ2v) is 3.07. The summed E-state index contributed by atoms with van der Waals surface area (Å²) >= 11 is 0. The predicted molar refractivity (Wildman–Crippen MR) is 44.1 cm³/mol. The third kappa shape index (κ3) is 3.00. The maximum atomic E-state index is 12.1. The molecule has 1 unspecified atom stereocenters. The monoisotopic (exact) mass is 222 g/mol. The van der Waals surface area contributed by atoms with Crippen molar-refractivity contribution in [1.82, 2.24) is 0 Å². The van der Waals surface area contributed by atoms with Crippen LogP contribution < -0.4 is 0 Å². The molecule has 0 aliphatic rings. The third-order valence-electron chi connectivity index (χ3n) is 1.88.